The van der Waals surface area contributed by atoms with Crippen molar-refractivity contribution in [1.82, 2.24) is 0 Å². The molecule has 3 fully saturated rings. The van der Waals surface area contributed by atoms with Crippen molar-refractivity contribution in [2.24, 2.45) is 5.92 Å². The highest BCUT2D eigenvalue weighted by molar-refractivity contribution is 6.03. The maximum Gasteiger partial charge on any atom is 0.373 e. The largest absolute Gasteiger partial charge is 0.461 e. The standard InChI is InChI=1S/C10H15NO3/c1-2-14-10(13)8-9(12)7-3-5-11(8)6-4-7/h7-8H,2-6H2,1H3/p+1/t8-/m0/s1. The quantitative estimate of drug-likeness (QED) is 0.447. The lowest BCUT2D eigenvalue weighted by atomic mass is 9.82. The molecule has 0 amide bonds. The van der Waals surface area contributed by atoms with Crippen LogP contribution >= 0.6 is 0 Å². The lowest BCUT2D eigenvalue weighted by molar-refractivity contribution is -0.919. The van der Waals surface area contributed by atoms with E-state index >= 15 is 0 Å². The van der Waals surface area contributed by atoms with Crippen molar-refractivity contribution in [3.05, 3.63) is 0 Å². The highest BCUT2D eigenvalue weighted by atomic mass is 16.5. The first-order valence-electron chi connectivity index (χ1n) is 5.29. The maximum absolute atomic E-state index is 11.8. The van der Waals surface area contributed by atoms with E-state index in [2.05, 4.69) is 0 Å². The van der Waals surface area contributed by atoms with Crippen LogP contribution in [0.25, 0.3) is 0 Å². The summed E-state index contributed by atoms with van der Waals surface area (Å²) in [5, 5.41) is 0. The minimum atomic E-state index is -0.512. The number of nitrogens with one attached hydrogen (secondary N) is 1. The minimum absolute atomic E-state index is 0.107. The fourth-order valence-corrected chi connectivity index (χ4v) is 2.51. The Labute approximate surface area is 83.2 Å². The average Bonchev–Trinajstić information content (AvgIpc) is 2.19. The van der Waals surface area contributed by atoms with Gasteiger partial charge in [0.1, 0.15) is 0 Å². The van der Waals surface area contributed by atoms with Crippen LogP contribution < -0.4 is 4.90 Å². The van der Waals surface area contributed by atoms with Crippen LogP contribution in [0.15, 0.2) is 0 Å². The summed E-state index contributed by atoms with van der Waals surface area (Å²) in [6.45, 7) is 4.02. The Bertz CT molecular complexity index is 256. The van der Waals surface area contributed by atoms with Crippen molar-refractivity contribution in [3.63, 3.8) is 0 Å². The first kappa shape index (κ1) is 9.65. The number of carbonyl (C=O) groups excluding carboxylic acids is 2. The second-order valence-electron chi connectivity index (χ2n) is 4.02. The summed E-state index contributed by atoms with van der Waals surface area (Å²) in [6.07, 6.45) is 1.90. The van der Waals surface area contributed by atoms with Gasteiger partial charge in [-0.15, -0.1) is 0 Å². The van der Waals surface area contributed by atoms with Crippen LogP contribution in [0.5, 0.6) is 0 Å². The summed E-state index contributed by atoms with van der Waals surface area (Å²) >= 11 is 0. The molecule has 3 rings (SSSR count). The molecule has 4 nitrogen and oxygen atoms in total. The molecule has 4 heteroatoms. The summed E-state index contributed by atoms with van der Waals surface area (Å²) in [4.78, 5) is 24.4. The van der Waals surface area contributed by atoms with Gasteiger partial charge in [-0.05, 0) is 6.92 Å². The van der Waals surface area contributed by atoms with E-state index in [0.29, 0.717) is 6.61 Å². The number of Topliss-reactive ketones (excluding diaryl/α,β-unsaturated/α-hetero) is 1. The Morgan fingerprint density at radius 2 is 2.14 bits per heavy atom. The molecule has 0 aromatic rings. The third-order valence-corrected chi connectivity index (χ3v) is 3.25. The van der Waals surface area contributed by atoms with Gasteiger partial charge in [-0.2, -0.15) is 0 Å². The van der Waals surface area contributed by atoms with E-state index < -0.39 is 6.04 Å². The van der Waals surface area contributed by atoms with Gasteiger partial charge in [0.2, 0.25) is 11.8 Å². The van der Waals surface area contributed by atoms with Crippen molar-refractivity contribution < 1.29 is 19.2 Å². The summed E-state index contributed by atoms with van der Waals surface area (Å²) in [5.74, 6) is -0.0882. The number of carbonyl (C=O) groups is 2. The predicted octanol–water partition coefficient (Wildman–Crippen LogP) is -1.20. The molecule has 0 spiro atoms. The number of hydrogen-bond donors (Lipinski definition) is 1. The van der Waals surface area contributed by atoms with Crippen LogP contribution in [-0.4, -0.2) is 37.5 Å². The molecule has 3 saturated heterocycles. The molecule has 0 radical (unpaired) electrons. The van der Waals surface area contributed by atoms with Crippen molar-refractivity contribution in [1.29, 1.82) is 0 Å². The number of ether oxygens (including phenoxy) is 1. The van der Waals surface area contributed by atoms with Crippen molar-refractivity contribution in [2.45, 2.75) is 25.8 Å². The Balaban J connectivity index is 2.10. The Morgan fingerprint density at radius 1 is 1.50 bits per heavy atom. The second-order valence-corrected chi connectivity index (χ2v) is 4.02. The predicted molar refractivity (Wildman–Crippen MR) is 48.8 cm³/mol. The number of esters is 1. The van der Waals surface area contributed by atoms with Gasteiger partial charge in [0, 0.05) is 18.8 Å². The molecule has 3 aliphatic rings. The molecule has 0 unspecified atom stereocenters. The maximum atomic E-state index is 11.8. The van der Waals surface area contributed by atoms with Crippen molar-refractivity contribution in [2.75, 3.05) is 19.7 Å². The zero-order chi connectivity index (χ0) is 10.1. The van der Waals surface area contributed by atoms with Crippen LogP contribution in [-0.2, 0) is 14.3 Å². The molecule has 2 bridgehead atoms. The smallest absolute Gasteiger partial charge is 0.373 e. The molecule has 14 heavy (non-hydrogen) atoms. The molecule has 78 valence electrons. The number of hydrogen-bond acceptors (Lipinski definition) is 3. The Hall–Kier alpha value is -0.900. The van der Waals surface area contributed by atoms with E-state index in [1.165, 1.54) is 0 Å². The van der Waals surface area contributed by atoms with Crippen LogP contribution in [0.3, 0.4) is 0 Å². The van der Waals surface area contributed by atoms with Crippen molar-refractivity contribution in [3.8, 4) is 0 Å². The molecule has 0 aliphatic carbocycles. The lowest BCUT2D eigenvalue weighted by Crippen LogP contribution is -3.21. The van der Waals surface area contributed by atoms with Crippen LogP contribution in [0.2, 0.25) is 0 Å². The molecule has 1 atom stereocenters. The molecular weight excluding hydrogens is 182 g/mol. The van der Waals surface area contributed by atoms with Gasteiger partial charge in [-0.1, -0.05) is 0 Å². The van der Waals surface area contributed by atoms with Gasteiger partial charge in [0.15, 0.2) is 0 Å². The Morgan fingerprint density at radius 3 is 2.64 bits per heavy atom. The lowest BCUT2D eigenvalue weighted by Gasteiger charge is -2.39. The number of piperidine rings is 3. The van der Waals surface area contributed by atoms with Crippen LogP contribution in [0.4, 0.5) is 0 Å². The minimum Gasteiger partial charge on any atom is -0.461 e. The van der Waals surface area contributed by atoms with Gasteiger partial charge in [-0.25, -0.2) is 4.79 Å². The van der Waals surface area contributed by atoms with Gasteiger partial charge in [-0.3, -0.25) is 4.79 Å². The summed E-state index contributed by atoms with van der Waals surface area (Å²) in [6, 6.07) is -0.512. The Kier molecular flexibility index (Phi) is 2.54. The van der Waals surface area contributed by atoms with E-state index in [4.69, 9.17) is 4.74 Å². The zero-order valence-corrected chi connectivity index (χ0v) is 8.41. The summed E-state index contributed by atoms with van der Waals surface area (Å²) in [5.41, 5.74) is 0. The molecule has 3 heterocycles. The fourth-order valence-electron chi connectivity index (χ4n) is 2.51. The number of ketones is 1. The van der Waals surface area contributed by atoms with Crippen LogP contribution in [0, 0.1) is 5.92 Å². The van der Waals surface area contributed by atoms with E-state index in [1.807, 2.05) is 0 Å². The third-order valence-electron chi connectivity index (χ3n) is 3.25. The second kappa shape index (κ2) is 3.69. The molecular formula is C10H16NO3+. The molecule has 1 N–H and O–H groups in total. The zero-order valence-electron chi connectivity index (χ0n) is 8.41. The normalized spacial score (nSPS) is 35.8. The highest BCUT2D eigenvalue weighted by Crippen LogP contribution is 2.18. The van der Waals surface area contributed by atoms with Gasteiger partial charge < -0.3 is 9.64 Å². The number of quaternary nitrogens is 1. The van der Waals surface area contributed by atoms with E-state index in [0.717, 1.165) is 30.8 Å². The molecule has 0 aromatic heterocycles. The average molecular weight is 198 g/mol. The van der Waals surface area contributed by atoms with E-state index in [1.54, 1.807) is 6.92 Å². The molecule has 3 aliphatic heterocycles. The fraction of sp³-hybridized carbons (Fsp3) is 0.800. The van der Waals surface area contributed by atoms with Gasteiger partial charge in [0.25, 0.3) is 0 Å². The van der Waals surface area contributed by atoms with E-state index in [-0.39, 0.29) is 17.7 Å². The number of fused-ring (bicyclic) bond motifs is 3. The summed E-state index contributed by atoms with van der Waals surface area (Å²) < 4.78 is 4.92. The highest BCUT2D eigenvalue weighted by Gasteiger charge is 2.49. The third kappa shape index (κ3) is 1.43. The summed E-state index contributed by atoms with van der Waals surface area (Å²) in [7, 11) is 0. The molecule has 0 saturated carbocycles. The molecule has 0 aromatic carbocycles. The van der Waals surface area contributed by atoms with Gasteiger partial charge in [0.05, 0.1) is 19.7 Å². The van der Waals surface area contributed by atoms with E-state index in [9.17, 15) is 9.59 Å². The monoisotopic (exact) mass is 198 g/mol. The SMILES string of the molecule is CCOC(=O)[C@@H]1C(=O)C2CC[NH+]1CC2. The topological polar surface area (TPSA) is 47.8 Å². The van der Waals surface area contributed by atoms with Gasteiger partial charge >= 0.3 is 5.97 Å². The number of rotatable bonds is 2. The first-order chi connectivity index (χ1) is 6.74. The van der Waals surface area contributed by atoms with Crippen LogP contribution in [0.1, 0.15) is 19.8 Å². The van der Waals surface area contributed by atoms with Crippen molar-refractivity contribution >= 4 is 11.8 Å². The first-order valence-corrected chi connectivity index (χ1v) is 5.29.